The van der Waals surface area contributed by atoms with E-state index in [4.69, 9.17) is 13.9 Å². The molecule has 1 saturated carbocycles. The predicted molar refractivity (Wildman–Crippen MR) is 52.5 cm³/mol. The molecule has 3 atom stereocenters. The first-order chi connectivity index (χ1) is 6.40. The van der Waals surface area contributed by atoms with E-state index in [9.17, 15) is 0 Å². The van der Waals surface area contributed by atoms with E-state index in [1.54, 1.807) is 0 Å². The van der Waals surface area contributed by atoms with E-state index in [2.05, 4.69) is 0 Å². The minimum Gasteiger partial charge on any atom is -0.406 e. The van der Waals surface area contributed by atoms with Crippen LogP contribution in [0.1, 0.15) is 25.7 Å². The number of rotatable bonds is 5. The van der Waals surface area contributed by atoms with Gasteiger partial charge in [-0.3, -0.25) is 0 Å². The zero-order chi connectivity index (χ0) is 9.10. The van der Waals surface area contributed by atoms with E-state index in [1.165, 1.54) is 19.3 Å². The summed E-state index contributed by atoms with van der Waals surface area (Å²) in [7, 11) is 0.770. The summed E-state index contributed by atoms with van der Waals surface area (Å²) in [5.41, 5.74) is 0. The van der Waals surface area contributed by atoms with Crippen LogP contribution in [0.25, 0.3) is 0 Å². The van der Waals surface area contributed by atoms with E-state index in [1.807, 2.05) is 0 Å². The first-order valence-electron chi connectivity index (χ1n) is 5.12. The van der Waals surface area contributed by atoms with Gasteiger partial charge in [0, 0.05) is 13.0 Å². The van der Waals surface area contributed by atoms with Crippen molar-refractivity contribution in [3.8, 4) is 0 Å². The van der Waals surface area contributed by atoms with Gasteiger partial charge in [-0.05, 0) is 25.2 Å². The first kappa shape index (κ1) is 9.64. The maximum atomic E-state index is 5.66. The molecule has 0 amide bonds. The van der Waals surface area contributed by atoms with Crippen molar-refractivity contribution in [3.63, 3.8) is 0 Å². The second-order valence-electron chi connectivity index (χ2n) is 3.97. The van der Waals surface area contributed by atoms with Crippen LogP contribution in [-0.2, 0) is 13.9 Å². The van der Waals surface area contributed by atoms with Gasteiger partial charge in [0.15, 0.2) is 0 Å². The average molecular weight is 202 g/mol. The second-order valence-corrected chi connectivity index (χ2v) is 4.55. The Kier molecular flexibility index (Phi) is 3.37. The lowest BCUT2D eigenvalue weighted by Crippen LogP contribution is -2.47. The first-order valence-corrected chi connectivity index (χ1v) is 5.94. The molecule has 0 spiro atoms. The topological polar surface area (TPSA) is 27.7 Å². The Bertz CT molecular complexity index is 156. The van der Waals surface area contributed by atoms with E-state index in [-0.39, 0.29) is 0 Å². The number of hydrogen-bond acceptors (Lipinski definition) is 3. The Balaban J connectivity index is 1.58. The highest BCUT2D eigenvalue weighted by atomic mass is 28.2. The largest absolute Gasteiger partial charge is 0.406 e. The fourth-order valence-corrected chi connectivity index (χ4v) is 2.44. The van der Waals surface area contributed by atoms with Gasteiger partial charge in [-0.15, -0.1) is 0 Å². The SMILES string of the molecule is [SiH3]OCOCCC1CCC2CC1O2. The Hall–Kier alpha value is 0.0969. The molecular formula is C9H18O3Si. The monoisotopic (exact) mass is 202 g/mol. The molecule has 0 aromatic heterocycles. The lowest BCUT2D eigenvalue weighted by Gasteiger charge is -2.46. The van der Waals surface area contributed by atoms with Crippen LogP contribution >= 0.6 is 0 Å². The molecule has 3 rings (SSSR count). The van der Waals surface area contributed by atoms with Gasteiger partial charge in [-0.25, -0.2) is 0 Å². The fraction of sp³-hybridized carbons (Fsp3) is 1.00. The number of fused-ring (bicyclic) bond motifs is 2. The van der Waals surface area contributed by atoms with Crippen LogP contribution in [-0.4, -0.2) is 36.1 Å². The second kappa shape index (κ2) is 4.55. The van der Waals surface area contributed by atoms with Crippen LogP contribution in [0, 0.1) is 5.92 Å². The third-order valence-electron chi connectivity index (χ3n) is 3.08. The molecular weight excluding hydrogens is 184 g/mol. The lowest BCUT2D eigenvalue weighted by atomic mass is 9.78. The maximum Gasteiger partial charge on any atom is 0.149 e. The Morgan fingerprint density at radius 3 is 2.85 bits per heavy atom. The van der Waals surface area contributed by atoms with Crippen LogP contribution in [0.2, 0.25) is 0 Å². The summed E-state index contributed by atoms with van der Waals surface area (Å²) >= 11 is 0. The van der Waals surface area contributed by atoms with Gasteiger partial charge >= 0.3 is 0 Å². The summed E-state index contributed by atoms with van der Waals surface area (Å²) in [6.45, 7) is 1.31. The number of ether oxygens (including phenoxy) is 2. The van der Waals surface area contributed by atoms with Crippen LogP contribution in [0.5, 0.6) is 0 Å². The van der Waals surface area contributed by atoms with Gasteiger partial charge in [-0.1, -0.05) is 0 Å². The molecule has 2 saturated heterocycles. The highest BCUT2D eigenvalue weighted by molar-refractivity contribution is 5.97. The molecule has 3 fully saturated rings. The van der Waals surface area contributed by atoms with Crippen molar-refractivity contribution in [2.45, 2.75) is 37.9 Å². The summed E-state index contributed by atoms with van der Waals surface area (Å²) < 4.78 is 15.9. The number of hydrogen-bond donors (Lipinski definition) is 0. The molecule has 4 heteroatoms. The zero-order valence-corrected chi connectivity index (χ0v) is 10.2. The van der Waals surface area contributed by atoms with Gasteiger partial charge in [0.05, 0.1) is 12.2 Å². The molecule has 13 heavy (non-hydrogen) atoms. The molecule has 0 N–H and O–H groups in total. The van der Waals surface area contributed by atoms with Crippen molar-refractivity contribution in [1.29, 1.82) is 0 Å². The standard InChI is InChI=1S/C9H18O3Si/c13-11-6-10-4-3-7-1-2-8-5-9(7)12-8/h7-9H,1-6H2,13H3. The minimum absolute atomic E-state index is 0.479. The lowest BCUT2D eigenvalue weighted by molar-refractivity contribution is -0.189. The van der Waals surface area contributed by atoms with Crippen molar-refractivity contribution in [3.05, 3.63) is 0 Å². The highest BCUT2D eigenvalue weighted by Gasteiger charge is 2.40. The summed E-state index contributed by atoms with van der Waals surface area (Å²) in [6, 6.07) is 0. The fourth-order valence-electron chi connectivity index (χ4n) is 2.28. The quantitative estimate of drug-likeness (QED) is 0.362. The molecule has 2 heterocycles. The van der Waals surface area contributed by atoms with Crippen molar-refractivity contribution >= 4 is 10.5 Å². The zero-order valence-electron chi connectivity index (χ0n) is 8.20. The van der Waals surface area contributed by atoms with Crippen LogP contribution in [0.15, 0.2) is 0 Å². The Morgan fingerprint density at radius 2 is 2.23 bits per heavy atom. The van der Waals surface area contributed by atoms with Gasteiger partial charge in [0.2, 0.25) is 0 Å². The Morgan fingerprint density at radius 1 is 1.38 bits per heavy atom. The smallest absolute Gasteiger partial charge is 0.149 e. The molecule has 2 bridgehead atoms. The summed E-state index contributed by atoms with van der Waals surface area (Å²) in [4.78, 5) is 0. The van der Waals surface area contributed by atoms with Gasteiger partial charge in [0.25, 0.3) is 0 Å². The molecule has 2 aliphatic heterocycles. The third-order valence-corrected chi connectivity index (χ3v) is 3.32. The van der Waals surface area contributed by atoms with Crippen molar-refractivity contribution in [1.82, 2.24) is 0 Å². The predicted octanol–water partition coefficient (Wildman–Crippen LogP) is 0.215. The van der Waals surface area contributed by atoms with Crippen molar-refractivity contribution in [2.24, 2.45) is 5.92 Å². The minimum atomic E-state index is 0.479. The van der Waals surface area contributed by atoms with Crippen LogP contribution < -0.4 is 0 Å². The Labute approximate surface area is 82.3 Å². The molecule has 0 aromatic carbocycles. The third kappa shape index (κ3) is 2.31. The van der Waals surface area contributed by atoms with Crippen molar-refractivity contribution in [2.75, 3.05) is 13.4 Å². The molecule has 1 aliphatic carbocycles. The molecule has 0 aromatic rings. The molecule has 3 nitrogen and oxygen atoms in total. The average Bonchev–Trinajstić information content (AvgIpc) is 2.12. The van der Waals surface area contributed by atoms with E-state index < -0.39 is 0 Å². The molecule has 3 unspecified atom stereocenters. The van der Waals surface area contributed by atoms with Crippen molar-refractivity contribution < 1.29 is 13.9 Å². The van der Waals surface area contributed by atoms with Crippen LogP contribution in [0.3, 0.4) is 0 Å². The summed E-state index contributed by atoms with van der Waals surface area (Å²) in [6.07, 6.45) is 6.19. The molecule has 3 aliphatic rings. The normalized spacial score (nSPS) is 37.4. The van der Waals surface area contributed by atoms with Gasteiger partial charge in [-0.2, -0.15) is 0 Å². The highest BCUT2D eigenvalue weighted by Crippen LogP contribution is 2.40. The van der Waals surface area contributed by atoms with Gasteiger partial charge in [0.1, 0.15) is 17.3 Å². The van der Waals surface area contributed by atoms with E-state index in [0.29, 0.717) is 19.0 Å². The summed E-state index contributed by atoms with van der Waals surface area (Å²) in [5, 5.41) is 0. The van der Waals surface area contributed by atoms with Crippen LogP contribution in [0.4, 0.5) is 0 Å². The summed E-state index contributed by atoms with van der Waals surface area (Å²) in [5.74, 6) is 0.749. The van der Waals surface area contributed by atoms with Gasteiger partial charge < -0.3 is 13.9 Å². The maximum absolute atomic E-state index is 5.66. The van der Waals surface area contributed by atoms with E-state index >= 15 is 0 Å². The molecule has 0 radical (unpaired) electrons. The van der Waals surface area contributed by atoms with E-state index in [0.717, 1.165) is 29.4 Å². The molecule has 76 valence electrons.